The number of carbonyl (C=O) groups is 2. The van der Waals surface area contributed by atoms with Gasteiger partial charge in [0.15, 0.2) is 0 Å². The molecule has 0 aliphatic carbocycles. The number of nitrogens with zero attached hydrogens (tertiary/aromatic N) is 2. The first-order chi connectivity index (χ1) is 15.9. The molecular formula is C25H28FN3O3S. The number of thiophene rings is 1. The summed E-state index contributed by atoms with van der Waals surface area (Å²) in [6.45, 7) is 3.28. The highest BCUT2D eigenvalue weighted by Gasteiger charge is 2.22. The molecule has 0 aliphatic heterocycles. The van der Waals surface area contributed by atoms with Gasteiger partial charge >= 0.3 is 6.03 Å². The molecule has 1 aromatic heterocycles. The zero-order valence-electron chi connectivity index (χ0n) is 18.8. The van der Waals surface area contributed by atoms with Crippen molar-refractivity contribution in [1.82, 2.24) is 9.80 Å². The highest BCUT2D eigenvalue weighted by molar-refractivity contribution is 7.11. The van der Waals surface area contributed by atoms with E-state index in [1.54, 1.807) is 22.3 Å². The predicted octanol–water partition coefficient (Wildman–Crippen LogP) is 4.90. The SMILES string of the molecule is COCCN(CC(=O)N(Cc1ccccc1)Cc1ccc(C)s1)C(=O)Nc1cccc(F)c1. The lowest BCUT2D eigenvalue weighted by molar-refractivity contribution is -0.133. The van der Waals surface area contributed by atoms with Crippen LogP contribution < -0.4 is 5.32 Å². The third-order valence-corrected chi connectivity index (χ3v) is 5.95. The number of rotatable bonds is 10. The van der Waals surface area contributed by atoms with E-state index in [1.807, 2.05) is 49.4 Å². The summed E-state index contributed by atoms with van der Waals surface area (Å²) in [5.41, 5.74) is 1.33. The van der Waals surface area contributed by atoms with E-state index >= 15 is 0 Å². The Morgan fingerprint density at radius 1 is 1.00 bits per heavy atom. The Kier molecular flexibility index (Phi) is 8.97. The lowest BCUT2D eigenvalue weighted by Gasteiger charge is -2.27. The molecule has 0 saturated carbocycles. The van der Waals surface area contributed by atoms with Crippen LogP contribution in [0.5, 0.6) is 0 Å². The number of anilines is 1. The molecule has 0 aliphatic rings. The number of aryl methyl sites for hydroxylation is 1. The molecule has 0 atom stereocenters. The Morgan fingerprint density at radius 2 is 1.79 bits per heavy atom. The number of methoxy groups -OCH3 is 1. The fourth-order valence-corrected chi connectivity index (χ4v) is 4.19. The zero-order valence-corrected chi connectivity index (χ0v) is 19.6. The number of hydrogen-bond donors (Lipinski definition) is 1. The smallest absolute Gasteiger partial charge is 0.322 e. The van der Waals surface area contributed by atoms with Crippen molar-refractivity contribution in [2.24, 2.45) is 0 Å². The van der Waals surface area contributed by atoms with E-state index in [0.29, 0.717) is 18.8 Å². The van der Waals surface area contributed by atoms with Crippen molar-refractivity contribution in [3.05, 3.63) is 87.9 Å². The van der Waals surface area contributed by atoms with Gasteiger partial charge in [0.2, 0.25) is 5.91 Å². The fraction of sp³-hybridized carbons (Fsp3) is 0.280. The minimum Gasteiger partial charge on any atom is -0.383 e. The largest absolute Gasteiger partial charge is 0.383 e. The van der Waals surface area contributed by atoms with Gasteiger partial charge in [0.25, 0.3) is 0 Å². The number of ether oxygens (including phenoxy) is 1. The number of urea groups is 1. The summed E-state index contributed by atoms with van der Waals surface area (Å²) < 4.78 is 18.6. The first kappa shape index (κ1) is 24.4. The topological polar surface area (TPSA) is 61.9 Å². The maximum atomic E-state index is 13.5. The van der Waals surface area contributed by atoms with Crippen LogP contribution in [0.2, 0.25) is 0 Å². The number of hydrogen-bond acceptors (Lipinski definition) is 4. The van der Waals surface area contributed by atoms with Crippen molar-refractivity contribution in [2.75, 3.05) is 32.1 Å². The van der Waals surface area contributed by atoms with E-state index in [-0.39, 0.29) is 25.6 Å². The molecule has 0 fully saturated rings. The third kappa shape index (κ3) is 7.69. The van der Waals surface area contributed by atoms with E-state index in [9.17, 15) is 14.0 Å². The lowest BCUT2D eigenvalue weighted by Crippen LogP contribution is -2.45. The minimum atomic E-state index is -0.488. The number of nitrogens with one attached hydrogen (secondary N) is 1. The second-order valence-corrected chi connectivity index (χ2v) is 8.98. The number of benzene rings is 2. The van der Waals surface area contributed by atoms with E-state index in [0.717, 1.165) is 10.4 Å². The van der Waals surface area contributed by atoms with Crippen molar-refractivity contribution in [3.8, 4) is 0 Å². The lowest BCUT2D eigenvalue weighted by atomic mass is 10.2. The fourth-order valence-electron chi connectivity index (χ4n) is 3.28. The highest BCUT2D eigenvalue weighted by Crippen LogP contribution is 2.19. The van der Waals surface area contributed by atoms with Gasteiger partial charge in [0, 0.05) is 35.6 Å². The second-order valence-electron chi connectivity index (χ2n) is 7.60. The maximum absolute atomic E-state index is 13.5. The molecule has 1 heterocycles. The summed E-state index contributed by atoms with van der Waals surface area (Å²) in [6, 6.07) is 18.9. The molecule has 0 saturated heterocycles. The van der Waals surface area contributed by atoms with E-state index in [2.05, 4.69) is 5.32 Å². The van der Waals surface area contributed by atoms with Gasteiger partial charge < -0.3 is 19.9 Å². The van der Waals surface area contributed by atoms with Crippen molar-refractivity contribution in [1.29, 1.82) is 0 Å². The summed E-state index contributed by atoms with van der Waals surface area (Å²) in [7, 11) is 1.53. The first-order valence-corrected chi connectivity index (χ1v) is 11.4. The average molecular weight is 470 g/mol. The van der Waals surface area contributed by atoms with Gasteiger partial charge in [-0.2, -0.15) is 0 Å². The molecule has 2 aromatic carbocycles. The van der Waals surface area contributed by atoms with Crippen LogP contribution in [0.3, 0.4) is 0 Å². The van der Waals surface area contributed by atoms with Crippen LogP contribution in [0, 0.1) is 12.7 Å². The van der Waals surface area contributed by atoms with Gasteiger partial charge in [0.1, 0.15) is 12.4 Å². The van der Waals surface area contributed by atoms with Gasteiger partial charge in [0.05, 0.1) is 13.2 Å². The number of halogens is 1. The number of carbonyl (C=O) groups excluding carboxylic acids is 2. The summed E-state index contributed by atoms with van der Waals surface area (Å²) in [6.07, 6.45) is 0. The van der Waals surface area contributed by atoms with Crippen LogP contribution >= 0.6 is 11.3 Å². The molecule has 1 N–H and O–H groups in total. The molecule has 8 heteroatoms. The minimum absolute atomic E-state index is 0.123. The molecule has 0 unspecified atom stereocenters. The summed E-state index contributed by atoms with van der Waals surface area (Å²) >= 11 is 1.64. The summed E-state index contributed by atoms with van der Waals surface area (Å²) in [5.74, 6) is -0.636. The average Bonchev–Trinajstić information content (AvgIpc) is 3.21. The molecule has 0 bridgehead atoms. The van der Waals surface area contributed by atoms with Gasteiger partial charge in [-0.1, -0.05) is 36.4 Å². The number of amides is 3. The van der Waals surface area contributed by atoms with Crippen LogP contribution in [0.15, 0.2) is 66.7 Å². The molecule has 3 aromatic rings. The van der Waals surface area contributed by atoms with Gasteiger partial charge in [-0.05, 0) is 42.8 Å². The van der Waals surface area contributed by atoms with Crippen molar-refractivity contribution < 1.29 is 18.7 Å². The Hall–Kier alpha value is -3.23. The van der Waals surface area contributed by atoms with E-state index < -0.39 is 11.8 Å². The van der Waals surface area contributed by atoms with E-state index in [1.165, 1.54) is 35.1 Å². The molecular weight excluding hydrogens is 441 g/mol. The van der Waals surface area contributed by atoms with Crippen molar-refractivity contribution in [3.63, 3.8) is 0 Å². The first-order valence-electron chi connectivity index (χ1n) is 10.6. The van der Waals surface area contributed by atoms with Gasteiger partial charge in [-0.3, -0.25) is 4.79 Å². The third-order valence-electron chi connectivity index (χ3n) is 4.97. The van der Waals surface area contributed by atoms with Crippen LogP contribution in [0.25, 0.3) is 0 Å². The van der Waals surface area contributed by atoms with Gasteiger partial charge in [-0.25, -0.2) is 9.18 Å². The summed E-state index contributed by atoms with van der Waals surface area (Å²) in [5, 5.41) is 2.66. The zero-order chi connectivity index (χ0) is 23.6. The molecule has 0 radical (unpaired) electrons. The normalized spacial score (nSPS) is 10.6. The molecule has 3 rings (SSSR count). The molecule has 33 heavy (non-hydrogen) atoms. The molecule has 174 valence electrons. The Labute approximate surface area is 197 Å². The molecule has 6 nitrogen and oxygen atoms in total. The second kappa shape index (κ2) is 12.1. The van der Waals surface area contributed by atoms with E-state index in [4.69, 9.17) is 4.74 Å². The Bertz CT molecular complexity index is 1060. The van der Waals surface area contributed by atoms with Crippen LogP contribution in [0.1, 0.15) is 15.3 Å². The van der Waals surface area contributed by atoms with Gasteiger partial charge in [-0.15, -0.1) is 11.3 Å². The Balaban J connectivity index is 1.75. The Morgan fingerprint density at radius 3 is 2.45 bits per heavy atom. The maximum Gasteiger partial charge on any atom is 0.322 e. The summed E-state index contributed by atoms with van der Waals surface area (Å²) in [4.78, 5) is 31.6. The van der Waals surface area contributed by atoms with Crippen molar-refractivity contribution >= 4 is 29.0 Å². The van der Waals surface area contributed by atoms with Crippen molar-refractivity contribution in [2.45, 2.75) is 20.0 Å². The van der Waals surface area contributed by atoms with Crippen LogP contribution in [-0.2, 0) is 22.6 Å². The van der Waals surface area contributed by atoms with Crippen LogP contribution in [0.4, 0.5) is 14.9 Å². The molecule has 3 amide bonds. The monoisotopic (exact) mass is 469 g/mol. The quantitative estimate of drug-likeness (QED) is 0.459. The predicted molar refractivity (Wildman–Crippen MR) is 129 cm³/mol. The highest BCUT2D eigenvalue weighted by atomic mass is 32.1. The molecule has 0 spiro atoms. The van der Waals surface area contributed by atoms with Crippen LogP contribution in [-0.4, -0.2) is 48.5 Å². The standard InChI is InChI=1S/C25H28FN3O3S/c1-19-11-12-23(33-19)17-29(16-20-7-4-3-5-8-20)24(30)18-28(13-14-32-2)25(31)27-22-10-6-9-21(26)15-22/h3-12,15H,13-14,16-18H2,1-2H3,(H,27,31).